The second kappa shape index (κ2) is 4.11. The molecule has 1 unspecified atom stereocenters. The van der Waals surface area contributed by atoms with E-state index in [9.17, 15) is 5.11 Å². The molecule has 0 aliphatic rings. The molecule has 2 heteroatoms. The first-order valence-electron chi connectivity index (χ1n) is 4.96. The second-order valence-electron chi connectivity index (χ2n) is 4.39. The molecular weight excluding hydrogens is 174 g/mol. The molecule has 0 spiro atoms. The Morgan fingerprint density at radius 2 is 1.79 bits per heavy atom. The van der Waals surface area contributed by atoms with E-state index in [2.05, 4.69) is 13.8 Å². The van der Waals surface area contributed by atoms with E-state index in [0.717, 1.165) is 5.56 Å². The van der Waals surface area contributed by atoms with Gasteiger partial charge in [-0.05, 0) is 18.1 Å². The van der Waals surface area contributed by atoms with E-state index in [1.165, 1.54) is 5.56 Å². The molecule has 78 valence electrons. The molecule has 0 saturated carbocycles. The van der Waals surface area contributed by atoms with Crippen LogP contribution in [0.5, 0.6) is 0 Å². The fourth-order valence-electron chi connectivity index (χ4n) is 1.33. The molecule has 1 atom stereocenters. The largest absolute Gasteiger partial charge is 0.389 e. The summed E-state index contributed by atoms with van der Waals surface area (Å²) >= 11 is 0. The van der Waals surface area contributed by atoms with E-state index in [1.807, 2.05) is 24.3 Å². The Balaban J connectivity index is 2.94. The third-order valence-electron chi connectivity index (χ3n) is 2.68. The van der Waals surface area contributed by atoms with Gasteiger partial charge in [0.05, 0.1) is 6.10 Å². The summed E-state index contributed by atoms with van der Waals surface area (Å²) in [7, 11) is 0. The zero-order valence-corrected chi connectivity index (χ0v) is 9.12. The highest BCUT2D eigenvalue weighted by molar-refractivity contribution is 5.29. The second-order valence-corrected chi connectivity index (χ2v) is 4.39. The summed E-state index contributed by atoms with van der Waals surface area (Å²) in [5, 5.41) is 9.35. The minimum Gasteiger partial charge on any atom is -0.389 e. The van der Waals surface area contributed by atoms with Crippen molar-refractivity contribution in [1.82, 2.24) is 0 Å². The van der Waals surface area contributed by atoms with Crippen LogP contribution in [-0.4, -0.2) is 11.7 Å². The summed E-state index contributed by atoms with van der Waals surface area (Å²) in [4.78, 5) is 0. The highest BCUT2D eigenvalue weighted by atomic mass is 16.3. The van der Waals surface area contributed by atoms with E-state index in [1.54, 1.807) is 6.92 Å². The fraction of sp³-hybridized carbons (Fsp3) is 0.500. The number of aliphatic hydroxyl groups is 1. The number of rotatable bonds is 3. The summed E-state index contributed by atoms with van der Waals surface area (Å²) in [5.41, 5.74) is 7.86. The maximum absolute atomic E-state index is 9.35. The third-order valence-corrected chi connectivity index (χ3v) is 2.68. The Kier molecular flexibility index (Phi) is 3.29. The lowest BCUT2D eigenvalue weighted by Gasteiger charge is -2.23. The Hall–Kier alpha value is -0.860. The van der Waals surface area contributed by atoms with Crippen LogP contribution in [0.4, 0.5) is 0 Å². The highest BCUT2D eigenvalue weighted by Crippen LogP contribution is 2.23. The summed E-state index contributed by atoms with van der Waals surface area (Å²) in [6.45, 7) is 6.62. The molecule has 0 saturated heterocycles. The van der Waals surface area contributed by atoms with Gasteiger partial charge in [0.2, 0.25) is 0 Å². The lowest BCUT2D eigenvalue weighted by molar-refractivity contribution is 0.199. The van der Waals surface area contributed by atoms with Crippen LogP contribution in [0, 0.1) is 0 Å². The minimum absolute atomic E-state index is 0.0111. The molecule has 1 rings (SSSR count). The molecule has 0 bridgehead atoms. The van der Waals surface area contributed by atoms with Crippen LogP contribution < -0.4 is 5.73 Å². The molecule has 0 aliphatic heterocycles. The lowest BCUT2D eigenvalue weighted by Crippen LogP contribution is -2.27. The molecule has 0 fully saturated rings. The van der Waals surface area contributed by atoms with Crippen LogP contribution in [-0.2, 0) is 5.41 Å². The predicted molar refractivity (Wildman–Crippen MR) is 59.2 cm³/mol. The van der Waals surface area contributed by atoms with Gasteiger partial charge in [-0.15, -0.1) is 0 Å². The Morgan fingerprint density at radius 1 is 1.29 bits per heavy atom. The van der Waals surface area contributed by atoms with Crippen LogP contribution in [0.3, 0.4) is 0 Å². The van der Waals surface area contributed by atoms with Gasteiger partial charge in [0.25, 0.3) is 0 Å². The van der Waals surface area contributed by atoms with Crippen molar-refractivity contribution >= 4 is 0 Å². The molecule has 0 radical (unpaired) electrons. The topological polar surface area (TPSA) is 46.2 Å². The first-order valence-corrected chi connectivity index (χ1v) is 4.96. The number of nitrogens with two attached hydrogens (primary N) is 1. The van der Waals surface area contributed by atoms with Crippen molar-refractivity contribution in [3.8, 4) is 0 Å². The van der Waals surface area contributed by atoms with Crippen LogP contribution in [0.2, 0.25) is 0 Å². The van der Waals surface area contributed by atoms with Crippen LogP contribution in [0.1, 0.15) is 38.0 Å². The number of hydrogen-bond donors (Lipinski definition) is 2. The van der Waals surface area contributed by atoms with Gasteiger partial charge < -0.3 is 10.8 Å². The fourth-order valence-corrected chi connectivity index (χ4v) is 1.33. The molecule has 1 aromatic rings. The van der Waals surface area contributed by atoms with Gasteiger partial charge in [0.15, 0.2) is 0 Å². The van der Waals surface area contributed by atoms with Gasteiger partial charge in [0, 0.05) is 12.0 Å². The van der Waals surface area contributed by atoms with Crippen molar-refractivity contribution in [1.29, 1.82) is 0 Å². The Morgan fingerprint density at radius 3 is 2.14 bits per heavy atom. The number of hydrogen-bond acceptors (Lipinski definition) is 2. The maximum atomic E-state index is 9.35. The van der Waals surface area contributed by atoms with Crippen LogP contribution in [0.15, 0.2) is 24.3 Å². The predicted octanol–water partition coefficient (Wildman–Crippen LogP) is 1.98. The first kappa shape index (κ1) is 11.2. The zero-order valence-electron chi connectivity index (χ0n) is 9.12. The Bertz CT molecular complexity index is 288. The van der Waals surface area contributed by atoms with Crippen molar-refractivity contribution in [3.63, 3.8) is 0 Å². The SMILES string of the molecule is CC(O)c1ccc(C(C)(C)CN)cc1. The Labute approximate surface area is 85.8 Å². The molecule has 0 heterocycles. The normalized spacial score (nSPS) is 14.1. The van der Waals surface area contributed by atoms with Crippen molar-refractivity contribution in [2.45, 2.75) is 32.3 Å². The molecule has 14 heavy (non-hydrogen) atoms. The van der Waals surface area contributed by atoms with Crippen molar-refractivity contribution in [2.75, 3.05) is 6.54 Å². The quantitative estimate of drug-likeness (QED) is 0.771. The monoisotopic (exact) mass is 193 g/mol. The number of aliphatic hydroxyl groups excluding tert-OH is 1. The van der Waals surface area contributed by atoms with Crippen molar-refractivity contribution in [2.24, 2.45) is 5.73 Å². The van der Waals surface area contributed by atoms with E-state index in [0.29, 0.717) is 6.54 Å². The van der Waals surface area contributed by atoms with Crippen LogP contribution >= 0.6 is 0 Å². The van der Waals surface area contributed by atoms with Crippen LogP contribution in [0.25, 0.3) is 0 Å². The van der Waals surface area contributed by atoms with E-state index in [4.69, 9.17) is 5.73 Å². The molecular formula is C12H19NO. The summed E-state index contributed by atoms with van der Waals surface area (Å²) in [6, 6.07) is 7.98. The number of benzene rings is 1. The van der Waals surface area contributed by atoms with E-state index < -0.39 is 6.10 Å². The van der Waals surface area contributed by atoms with Gasteiger partial charge in [-0.3, -0.25) is 0 Å². The third kappa shape index (κ3) is 2.34. The standard InChI is InChI=1S/C12H19NO/c1-9(14)10-4-6-11(7-5-10)12(2,3)8-13/h4-7,9,14H,8,13H2,1-3H3. The summed E-state index contributed by atoms with van der Waals surface area (Å²) in [6.07, 6.45) is -0.398. The smallest absolute Gasteiger partial charge is 0.0761 e. The average Bonchev–Trinajstić information content (AvgIpc) is 2.18. The molecule has 0 aliphatic carbocycles. The molecule has 2 nitrogen and oxygen atoms in total. The van der Waals surface area contributed by atoms with Gasteiger partial charge in [0.1, 0.15) is 0 Å². The highest BCUT2D eigenvalue weighted by Gasteiger charge is 2.18. The molecule has 1 aromatic carbocycles. The summed E-state index contributed by atoms with van der Waals surface area (Å²) < 4.78 is 0. The molecule has 3 N–H and O–H groups in total. The lowest BCUT2D eigenvalue weighted by atomic mass is 9.84. The minimum atomic E-state index is -0.398. The van der Waals surface area contributed by atoms with Crippen molar-refractivity contribution < 1.29 is 5.11 Å². The average molecular weight is 193 g/mol. The first-order chi connectivity index (χ1) is 6.47. The zero-order chi connectivity index (χ0) is 10.8. The van der Waals surface area contributed by atoms with E-state index >= 15 is 0 Å². The summed E-state index contributed by atoms with van der Waals surface area (Å²) in [5.74, 6) is 0. The van der Waals surface area contributed by atoms with E-state index in [-0.39, 0.29) is 5.41 Å². The van der Waals surface area contributed by atoms with Gasteiger partial charge in [-0.1, -0.05) is 38.1 Å². The van der Waals surface area contributed by atoms with Gasteiger partial charge in [-0.2, -0.15) is 0 Å². The molecule has 0 amide bonds. The van der Waals surface area contributed by atoms with Crippen molar-refractivity contribution in [3.05, 3.63) is 35.4 Å². The molecule has 0 aromatic heterocycles. The van der Waals surface area contributed by atoms with Gasteiger partial charge >= 0.3 is 0 Å². The maximum Gasteiger partial charge on any atom is 0.0761 e. The van der Waals surface area contributed by atoms with Gasteiger partial charge in [-0.25, -0.2) is 0 Å².